The van der Waals surface area contributed by atoms with Gasteiger partial charge >= 0.3 is 0 Å². The molecular formula is C15H11F2N3O2. The third-order valence-corrected chi connectivity index (χ3v) is 2.82. The van der Waals surface area contributed by atoms with Crippen molar-refractivity contribution in [3.8, 4) is 12.3 Å². The minimum absolute atomic E-state index is 0.0101. The Morgan fingerprint density at radius 1 is 1.32 bits per heavy atom. The van der Waals surface area contributed by atoms with E-state index in [2.05, 4.69) is 16.3 Å². The number of nitrogens with one attached hydrogen (secondary N) is 1. The van der Waals surface area contributed by atoms with E-state index in [-0.39, 0.29) is 18.7 Å². The SMILES string of the molecule is C#CCNC(=O)c1ccnn(Cc2ccc(F)c(F)c2)c1=O. The highest BCUT2D eigenvalue weighted by Gasteiger charge is 2.13. The van der Waals surface area contributed by atoms with Crippen LogP contribution >= 0.6 is 0 Å². The van der Waals surface area contributed by atoms with Crippen LogP contribution in [0.4, 0.5) is 8.78 Å². The third kappa shape index (κ3) is 3.35. The van der Waals surface area contributed by atoms with Crippen LogP contribution in [0, 0.1) is 24.0 Å². The minimum atomic E-state index is -1.02. The number of nitrogens with zero attached hydrogens (tertiary/aromatic N) is 2. The number of aromatic nitrogens is 2. The van der Waals surface area contributed by atoms with Gasteiger partial charge < -0.3 is 5.32 Å². The highest BCUT2D eigenvalue weighted by Crippen LogP contribution is 2.09. The summed E-state index contributed by atoms with van der Waals surface area (Å²) in [7, 11) is 0. The lowest BCUT2D eigenvalue weighted by Gasteiger charge is -2.07. The second-order valence-corrected chi connectivity index (χ2v) is 4.34. The molecule has 1 aromatic carbocycles. The van der Waals surface area contributed by atoms with E-state index in [0.717, 1.165) is 16.8 Å². The summed E-state index contributed by atoms with van der Waals surface area (Å²) in [5.41, 5.74) is -0.440. The molecule has 0 aliphatic heterocycles. The standard InChI is InChI=1S/C15H11F2N3O2/c1-2-6-18-14(21)11-5-7-19-20(15(11)22)9-10-3-4-12(16)13(17)8-10/h1,3-5,7-8H,6,9H2,(H,18,21). The van der Waals surface area contributed by atoms with E-state index in [4.69, 9.17) is 6.42 Å². The molecule has 22 heavy (non-hydrogen) atoms. The Bertz CT molecular complexity index is 809. The normalized spacial score (nSPS) is 10.0. The molecule has 0 atom stereocenters. The predicted octanol–water partition coefficient (Wildman–Crippen LogP) is 0.933. The Kier molecular flexibility index (Phi) is 4.63. The van der Waals surface area contributed by atoms with Gasteiger partial charge in [0.05, 0.1) is 13.1 Å². The lowest BCUT2D eigenvalue weighted by molar-refractivity contribution is 0.0956. The van der Waals surface area contributed by atoms with Gasteiger partial charge in [-0.3, -0.25) is 9.59 Å². The largest absolute Gasteiger partial charge is 0.341 e. The fraction of sp³-hybridized carbons (Fsp3) is 0.133. The monoisotopic (exact) mass is 303 g/mol. The maximum atomic E-state index is 13.2. The molecule has 0 spiro atoms. The molecule has 0 saturated carbocycles. The molecule has 0 bridgehead atoms. The van der Waals surface area contributed by atoms with E-state index < -0.39 is 23.1 Å². The first-order valence-corrected chi connectivity index (χ1v) is 6.24. The molecular weight excluding hydrogens is 292 g/mol. The second-order valence-electron chi connectivity index (χ2n) is 4.34. The summed E-state index contributed by atoms with van der Waals surface area (Å²) >= 11 is 0. The highest BCUT2D eigenvalue weighted by molar-refractivity contribution is 5.93. The minimum Gasteiger partial charge on any atom is -0.341 e. The van der Waals surface area contributed by atoms with E-state index in [1.54, 1.807) is 0 Å². The van der Waals surface area contributed by atoms with E-state index in [1.165, 1.54) is 18.3 Å². The van der Waals surface area contributed by atoms with Gasteiger partial charge in [0.15, 0.2) is 11.6 Å². The average Bonchev–Trinajstić information content (AvgIpc) is 2.50. The summed E-state index contributed by atoms with van der Waals surface area (Å²) in [5.74, 6) is -0.401. The molecule has 0 radical (unpaired) electrons. The maximum Gasteiger partial charge on any atom is 0.279 e. The Hall–Kier alpha value is -3.01. The molecule has 0 unspecified atom stereocenters. The van der Waals surface area contributed by atoms with Crippen LogP contribution in [0.3, 0.4) is 0 Å². The van der Waals surface area contributed by atoms with Crippen LogP contribution in [-0.4, -0.2) is 22.2 Å². The molecule has 5 nitrogen and oxygen atoms in total. The highest BCUT2D eigenvalue weighted by atomic mass is 19.2. The number of benzene rings is 1. The summed E-state index contributed by atoms with van der Waals surface area (Å²) in [4.78, 5) is 23.9. The number of rotatable bonds is 4. The van der Waals surface area contributed by atoms with E-state index in [9.17, 15) is 18.4 Å². The van der Waals surface area contributed by atoms with Crippen LogP contribution in [0.5, 0.6) is 0 Å². The summed E-state index contributed by atoms with van der Waals surface area (Å²) in [5, 5.41) is 6.19. The van der Waals surface area contributed by atoms with Gasteiger partial charge in [-0.1, -0.05) is 12.0 Å². The molecule has 0 aliphatic carbocycles. The first-order valence-electron chi connectivity index (χ1n) is 6.24. The molecule has 1 amide bonds. The van der Waals surface area contributed by atoms with Gasteiger partial charge in [-0.2, -0.15) is 5.10 Å². The average molecular weight is 303 g/mol. The smallest absolute Gasteiger partial charge is 0.279 e. The van der Waals surface area contributed by atoms with Crippen molar-refractivity contribution in [1.82, 2.24) is 15.1 Å². The van der Waals surface area contributed by atoms with Gasteiger partial charge in [0.2, 0.25) is 0 Å². The molecule has 1 aromatic heterocycles. The van der Waals surface area contributed by atoms with Crippen LogP contribution in [0.25, 0.3) is 0 Å². The lowest BCUT2D eigenvalue weighted by Crippen LogP contribution is -2.34. The van der Waals surface area contributed by atoms with Gasteiger partial charge in [-0.05, 0) is 23.8 Å². The summed E-state index contributed by atoms with van der Waals surface area (Å²) in [6.45, 7) is -0.101. The van der Waals surface area contributed by atoms with Crippen molar-refractivity contribution < 1.29 is 13.6 Å². The molecule has 0 saturated heterocycles. The lowest BCUT2D eigenvalue weighted by atomic mass is 10.2. The first kappa shape index (κ1) is 15.4. The molecule has 112 valence electrons. The fourth-order valence-electron chi connectivity index (χ4n) is 1.77. The second kappa shape index (κ2) is 6.63. The van der Waals surface area contributed by atoms with Crippen LogP contribution in [0.1, 0.15) is 15.9 Å². The summed E-state index contributed by atoms with van der Waals surface area (Å²) in [6, 6.07) is 4.52. The van der Waals surface area contributed by atoms with Crippen molar-refractivity contribution in [1.29, 1.82) is 0 Å². The van der Waals surface area contributed by atoms with Gasteiger partial charge in [-0.15, -0.1) is 6.42 Å². The van der Waals surface area contributed by atoms with Crippen LogP contribution in [0.2, 0.25) is 0 Å². The number of carbonyl (C=O) groups is 1. The van der Waals surface area contributed by atoms with E-state index >= 15 is 0 Å². The number of amides is 1. The van der Waals surface area contributed by atoms with E-state index in [1.807, 2.05) is 0 Å². The topological polar surface area (TPSA) is 64.0 Å². The zero-order chi connectivity index (χ0) is 16.1. The first-order chi connectivity index (χ1) is 10.5. The van der Waals surface area contributed by atoms with Crippen LogP contribution in [0.15, 0.2) is 35.3 Å². The zero-order valence-corrected chi connectivity index (χ0v) is 11.3. The van der Waals surface area contributed by atoms with Gasteiger partial charge in [0, 0.05) is 6.20 Å². The van der Waals surface area contributed by atoms with Crippen LogP contribution in [-0.2, 0) is 6.54 Å². The molecule has 0 fully saturated rings. The Morgan fingerprint density at radius 3 is 2.77 bits per heavy atom. The van der Waals surface area contributed by atoms with Gasteiger partial charge in [0.25, 0.3) is 11.5 Å². The number of terminal acetylenes is 1. The van der Waals surface area contributed by atoms with Gasteiger partial charge in [-0.25, -0.2) is 13.5 Å². The van der Waals surface area contributed by atoms with Crippen molar-refractivity contribution in [2.45, 2.75) is 6.54 Å². The molecule has 0 aliphatic rings. The van der Waals surface area contributed by atoms with Crippen molar-refractivity contribution in [3.63, 3.8) is 0 Å². The molecule has 1 heterocycles. The van der Waals surface area contributed by atoms with E-state index in [0.29, 0.717) is 5.56 Å². The number of hydrogen-bond donors (Lipinski definition) is 1. The predicted molar refractivity (Wildman–Crippen MR) is 75.1 cm³/mol. The third-order valence-electron chi connectivity index (χ3n) is 2.82. The molecule has 2 rings (SSSR count). The molecule has 1 N–H and O–H groups in total. The maximum absolute atomic E-state index is 13.2. The molecule has 7 heteroatoms. The quantitative estimate of drug-likeness (QED) is 0.855. The Balaban J connectivity index is 2.29. The summed E-state index contributed by atoms with van der Waals surface area (Å²) in [6.07, 6.45) is 6.29. The van der Waals surface area contributed by atoms with Crippen molar-refractivity contribution >= 4 is 5.91 Å². The Labute approximate surface area is 124 Å². The number of halogens is 2. The van der Waals surface area contributed by atoms with Crippen LogP contribution < -0.4 is 10.9 Å². The zero-order valence-electron chi connectivity index (χ0n) is 11.3. The fourth-order valence-corrected chi connectivity index (χ4v) is 1.77. The van der Waals surface area contributed by atoms with Crippen molar-refractivity contribution in [2.75, 3.05) is 6.54 Å². The Morgan fingerprint density at radius 2 is 2.09 bits per heavy atom. The summed E-state index contributed by atoms with van der Waals surface area (Å²) < 4.78 is 27.0. The number of hydrogen-bond acceptors (Lipinski definition) is 3. The van der Waals surface area contributed by atoms with Crippen molar-refractivity contribution in [3.05, 3.63) is 63.6 Å². The number of carbonyl (C=O) groups excluding carboxylic acids is 1. The van der Waals surface area contributed by atoms with Crippen molar-refractivity contribution in [2.24, 2.45) is 0 Å². The van der Waals surface area contributed by atoms with Gasteiger partial charge in [0.1, 0.15) is 5.56 Å². The molecule has 2 aromatic rings.